The Morgan fingerprint density at radius 3 is 2.32 bits per heavy atom. The van der Waals surface area contributed by atoms with Crippen molar-refractivity contribution in [3.05, 3.63) is 59.4 Å². The topological polar surface area (TPSA) is 38.0 Å². The molecule has 0 aliphatic rings. The quantitative estimate of drug-likeness (QED) is 0.749. The fraction of sp³-hybridized carbons (Fsp3) is 0.316. The summed E-state index contributed by atoms with van der Waals surface area (Å²) < 4.78 is 39.8. The smallest absolute Gasteiger partial charge is 0.393 e. The maximum atomic E-state index is 12.6. The van der Waals surface area contributed by atoms with E-state index >= 15 is 0 Å². The highest BCUT2D eigenvalue weighted by atomic mass is 19.4. The number of hydrogen-bond donors (Lipinski definition) is 1. The number of halogens is 3. The van der Waals surface area contributed by atoms with Crippen LogP contribution < -0.4 is 0 Å². The predicted molar refractivity (Wildman–Crippen MR) is 91.0 cm³/mol. The summed E-state index contributed by atoms with van der Waals surface area (Å²) in [4.78, 5) is 4.51. The molecule has 6 heteroatoms. The van der Waals surface area contributed by atoms with E-state index in [1.165, 1.54) is 12.1 Å². The maximum Gasteiger partial charge on any atom is 0.393 e. The number of benzene rings is 2. The highest BCUT2D eigenvalue weighted by molar-refractivity contribution is 5.79. The van der Waals surface area contributed by atoms with E-state index in [1.54, 1.807) is 6.07 Å². The molecule has 25 heavy (non-hydrogen) atoms. The van der Waals surface area contributed by atoms with Crippen molar-refractivity contribution in [2.45, 2.75) is 32.4 Å². The summed E-state index contributed by atoms with van der Waals surface area (Å²) in [6.45, 7) is 2.06. The first kappa shape index (κ1) is 17.5. The van der Waals surface area contributed by atoms with Gasteiger partial charge in [0.05, 0.1) is 17.5 Å². The molecule has 0 aliphatic heterocycles. The molecule has 1 N–H and O–H groups in total. The third kappa shape index (κ3) is 3.85. The van der Waals surface area contributed by atoms with Gasteiger partial charge in [0.1, 0.15) is 5.82 Å². The van der Waals surface area contributed by atoms with Crippen LogP contribution in [0.2, 0.25) is 0 Å². The molecule has 1 heterocycles. The van der Waals surface area contributed by atoms with Crippen LogP contribution in [0.1, 0.15) is 23.9 Å². The molecule has 0 fully saturated rings. The minimum absolute atomic E-state index is 0.0928. The summed E-state index contributed by atoms with van der Waals surface area (Å²) in [5, 5.41) is 9.01. The van der Waals surface area contributed by atoms with Crippen LogP contribution in [0.5, 0.6) is 0 Å². The standard InChI is InChI=1S/C19H19F3N2O/c1-2-18-23-16-11-14(12-19(20,21)22)5-8-17(16)24(18)15-6-3-13(4-7-15)9-10-25/h3-8,11,25H,2,9-10,12H2,1H3. The minimum Gasteiger partial charge on any atom is -0.396 e. The second-order valence-electron chi connectivity index (χ2n) is 5.97. The van der Waals surface area contributed by atoms with E-state index < -0.39 is 12.6 Å². The van der Waals surface area contributed by atoms with Gasteiger partial charge in [-0.25, -0.2) is 4.98 Å². The molecule has 0 radical (unpaired) electrons. The number of imidazole rings is 1. The molecule has 0 bridgehead atoms. The molecule has 3 rings (SSSR count). The van der Waals surface area contributed by atoms with Crippen molar-refractivity contribution >= 4 is 11.0 Å². The minimum atomic E-state index is -4.23. The Labute approximate surface area is 143 Å². The molecule has 1 aromatic heterocycles. The second-order valence-corrected chi connectivity index (χ2v) is 5.97. The summed E-state index contributed by atoms with van der Waals surface area (Å²) in [6.07, 6.45) is -3.92. The van der Waals surface area contributed by atoms with Gasteiger partial charge in [-0.05, 0) is 41.8 Å². The first-order valence-corrected chi connectivity index (χ1v) is 8.18. The van der Waals surface area contributed by atoms with Crippen LogP contribution in [0.15, 0.2) is 42.5 Å². The number of rotatable bonds is 5. The Balaban J connectivity index is 2.04. The Morgan fingerprint density at radius 1 is 1.04 bits per heavy atom. The Kier molecular flexibility index (Phi) is 4.81. The van der Waals surface area contributed by atoms with E-state index in [9.17, 15) is 13.2 Å². The monoisotopic (exact) mass is 348 g/mol. The number of aliphatic hydroxyl groups excluding tert-OH is 1. The lowest BCUT2D eigenvalue weighted by atomic mass is 10.1. The van der Waals surface area contributed by atoms with Crippen molar-refractivity contribution in [2.75, 3.05) is 6.61 Å². The number of aryl methyl sites for hydroxylation is 1. The van der Waals surface area contributed by atoms with Crippen LogP contribution in [-0.4, -0.2) is 27.4 Å². The zero-order valence-corrected chi connectivity index (χ0v) is 13.8. The van der Waals surface area contributed by atoms with Crippen LogP contribution in [0, 0.1) is 0 Å². The average molecular weight is 348 g/mol. The molecule has 0 aliphatic carbocycles. The van der Waals surface area contributed by atoms with Crippen LogP contribution in [0.3, 0.4) is 0 Å². The summed E-state index contributed by atoms with van der Waals surface area (Å²) >= 11 is 0. The third-order valence-electron chi connectivity index (χ3n) is 4.10. The molecule has 0 spiro atoms. The van der Waals surface area contributed by atoms with Gasteiger partial charge in [-0.15, -0.1) is 0 Å². The van der Waals surface area contributed by atoms with E-state index in [0.29, 0.717) is 18.4 Å². The van der Waals surface area contributed by atoms with Crippen molar-refractivity contribution in [1.29, 1.82) is 0 Å². The lowest BCUT2D eigenvalue weighted by Gasteiger charge is -2.10. The molecule has 2 aromatic carbocycles. The van der Waals surface area contributed by atoms with Gasteiger partial charge >= 0.3 is 6.18 Å². The molecule has 0 atom stereocenters. The van der Waals surface area contributed by atoms with Gasteiger partial charge in [-0.3, -0.25) is 4.57 Å². The van der Waals surface area contributed by atoms with Gasteiger partial charge in [0, 0.05) is 18.7 Å². The zero-order valence-electron chi connectivity index (χ0n) is 13.8. The van der Waals surface area contributed by atoms with E-state index in [4.69, 9.17) is 5.11 Å². The molecular formula is C19H19F3N2O. The van der Waals surface area contributed by atoms with Gasteiger partial charge < -0.3 is 5.11 Å². The second kappa shape index (κ2) is 6.88. The summed E-state index contributed by atoms with van der Waals surface area (Å²) in [5.41, 5.74) is 3.51. The van der Waals surface area contributed by atoms with Crippen LogP contribution in [0.25, 0.3) is 16.7 Å². The highest BCUT2D eigenvalue weighted by Crippen LogP contribution is 2.27. The molecular weight excluding hydrogens is 329 g/mol. The van der Waals surface area contributed by atoms with Crippen molar-refractivity contribution in [2.24, 2.45) is 0 Å². The van der Waals surface area contributed by atoms with E-state index in [2.05, 4.69) is 4.98 Å². The van der Waals surface area contributed by atoms with Crippen molar-refractivity contribution in [3.63, 3.8) is 0 Å². The van der Waals surface area contributed by atoms with Gasteiger partial charge in [0.25, 0.3) is 0 Å². The van der Waals surface area contributed by atoms with Gasteiger partial charge in [0.2, 0.25) is 0 Å². The fourth-order valence-corrected chi connectivity index (χ4v) is 2.98. The molecule has 0 saturated heterocycles. The maximum absolute atomic E-state index is 12.6. The normalized spacial score (nSPS) is 12.0. The largest absolute Gasteiger partial charge is 0.396 e. The Hall–Kier alpha value is -2.34. The van der Waals surface area contributed by atoms with Gasteiger partial charge in [-0.1, -0.05) is 25.1 Å². The van der Waals surface area contributed by atoms with E-state index in [1.807, 2.05) is 35.8 Å². The van der Waals surface area contributed by atoms with Crippen LogP contribution in [-0.2, 0) is 19.3 Å². The fourth-order valence-electron chi connectivity index (χ4n) is 2.98. The SMILES string of the molecule is CCc1nc2cc(CC(F)(F)F)ccc2n1-c1ccc(CCO)cc1. The Bertz CT molecular complexity index is 867. The zero-order chi connectivity index (χ0) is 18.0. The number of aliphatic hydroxyl groups is 1. The van der Waals surface area contributed by atoms with E-state index in [0.717, 1.165) is 22.6 Å². The lowest BCUT2D eigenvalue weighted by molar-refractivity contribution is -0.127. The number of nitrogens with zero attached hydrogens (tertiary/aromatic N) is 2. The number of alkyl halides is 3. The first-order valence-electron chi connectivity index (χ1n) is 8.18. The number of fused-ring (bicyclic) bond motifs is 1. The summed E-state index contributed by atoms with van der Waals surface area (Å²) in [6, 6.07) is 12.5. The Morgan fingerprint density at radius 2 is 1.72 bits per heavy atom. The number of aromatic nitrogens is 2. The first-order chi connectivity index (χ1) is 11.9. The predicted octanol–water partition coefficient (Wildman–Crippen LogP) is 4.23. The molecule has 3 aromatic rings. The highest BCUT2D eigenvalue weighted by Gasteiger charge is 2.28. The summed E-state index contributed by atoms with van der Waals surface area (Å²) in [5.74, 6) is 0.800. The lowest BCUT2D eigenvalue weighted by Crippen LogP contribution is -2.11. The van der Waals surface area contributed by atoms with Crippen LogP contribution >= 0.6 is 0 Å². The molecule has 3 nitrogen and oxygen atoms in total. The molecule has 132 valence electrons. The molecule has 0 saturated carbocycles. The number of hydrogen-bond acceptors (Lipinski definition) is 2. The van der Waals surface area contributed by atoms with Crippen molar-refractivity contribution in [1.82, 2.24) is 9.55 Å². The summed E-state index contributed by atoms with van der Waals surface area (Å²) in [7, 11) is 0. The van der Waals surface area contributed by atoms with Crippen molar-refractivity contribution in [3.8, 4) is 5.69 Å². The van der Waals surface area contributed by atoms with Gasteiger partial charge in [0.15, 0.2) is 0 Å². The van der Waals surface area contributed by atoms with Gasteiger partial charge in [-0.2, -0.15) is 13.2 Å². The van der Waals surface area contributed by atoms with E-state index in [-0.39, 0.29) is 12.2 Å². The molecule has 0 amide bonds. The van der Waals surface area contributed by atoms with Crippen LogP contribution in [0.4, 0.5) is 13.2 Å². The average Bonchev–Trinajstić information content (AvgIpc) is 2.92. The third-order valence-corrected chi connectivity index (χ3v) is 4.10. The van der Waals surface area contributed by atoms with Crippen molar-refractivity contribution < 1.29 is 18.3 Å². The molecule has 0 unspecified atom stereocenters.